The van der Waals surface area contributed by atoms with E-state index in [1.54, 1.807) is 36.4 Å². The quantitative estimate of drug-likeness (QED) is 0.436. The number of benzene rings is 3. The summed E-state index contributed by atoms with van der Waals surface area (Å²) in [6.45, 7) is -0.311. The molecule has 3 aromatic carbocycles. The Hall–Kier alpha value is -3.94. The van der Waals surface area contributed by atoms with E-state index in [9.17, 15) is 27.2 Å². The lowest BCUT2D eigenvalue weighted by Crippen LogP contribution is -2.32. The zero-order valence-electron chi connectivity index (χ0n) is 16.5. The Morgan fingerprint density at radius 3 is 2.19 bits per heavy atom. The number of hydrogen-bond donors (Lipinski definition) is 1. The third-order valence-electron chi connectivity index (χ3n) is 4.98. The highest BCUT2D eigenvalue weighted by atomic mass is 19.4. The number of imide groups is 1. The van der Waals surface area contributed by atoms with Crippen LogP contribution in [-0.4, -0.2) is 16.7 Å². The van der Waals surface area contributed by atoms with E-state index >= 15 is 0 Å². The van der Waals surface area contributed by atoms with Gasteiger partial charge in [0.25, 0.3) is 11.8 Å². The molecule has 8 heteroatoms. The summed E-state index contributed by atoms with van der Waals surface area (Å²) in [6.07, 6.45) is -4.57. The smallest absolute Gasteiger partial charge is 0.350 e. The molecule has 0 aromatic heterocycles. The molecule has 3 aromatic rings. The van der Waals surface area contributed by atoms with Crippen LogP contribution in [0.2, 0.25) is 0 Å². The zero-order chi connectivity index (χ0) is 22.9. The van der Waals surface area contributed by atoms with Crippen LogP contribution >= 0.6 is 0 Å². The normalized spacial score (nSPS) is 14.3. The third kappa shape index (κ3) is 4.12. The number of rotatable bonds is 5. The van der Waals surface area contributed by atoms with Crippen molar-refractivity contribution in [2.24, 2.45) is 0 Å². The van der Waals surface area contributed by atoms with Crippen LogP contribution in [0, 0.1) is 5.82 Å². The minimum absolute atomic E-state index is 0.00264. The largest absolute Gasteiger partial charge is 0.416 e. The summed E-state index contributed by atoms with van der Waals surface area (Å²) in [5.74, 6) is -2.00. The summed E-state index contributed by atoms with van der Waals surface area (Å²) >= 11 is 0. The van der Waals surface area contributed by atoms with Crippen LogP contribution in [0.4, 0.5) is 23.2 Å². The molecule has 2 amide bonds. The highest BCUT2D eigenvalue weighted by molar-refractivity contribution is 6.36. The van der Waals surface area contributed by atoms with Gasteiger partial charge in [0, 0.05) is 11.3 Å². The lowest BCUT2D eigenvalue weighted by molar-refractivity contribution is -0.138. The van der Waals surface area contributed by atoms with E-state index in [-0.39, 0.29) is 29.1 Å². The summed E-state index contributed by atoms with van der Waals surface area (Å²) in [7, 11) is 0. The first-order valence-corrected chi connectivity index (χ1v) is 9.59. The molecule has 1 aliphatic heterocycles. The molecule has 1 aliphatic rings. The summed E-state index contributed by atoms with van der Waals surface area (Å²) in [6, 6.07) is 18.3. The maximum absolute atomic E-state index is 14.1. The molecular weight excluding hydrogens is 424 g/mol. The summed E-state index contributed by atoms with van der Waals surface area (Å²) < 4.78 is 53.4. The first-order valence-electron chi connectivity index (χ1n) is 9.59. The monoisotopic (exact) mass is 440 g/mol. The summed E-state index contributed by atoms with van der Waals surface area (Å²) in [5, 5.41) is 2.69. The number of hydrogen-bond acceptors (Lipinski definition) is 3. The fourth-order valence-corrected chi connectivity index (χ4v) is 3.42. The number of carbonyl (C=O) groups is 2. The molecule has 0 saturated carbocycles. The first-order chi connectivity index (χ1) is 15.3. The second-order valence-corrected chi connectivity index (χ2v) is 7.11. The van der Waals surface area contributed by atoms with Gasteiger partial charge in [-0.15, -0.1) is 0 Å². The van der Waals surface area contributed by atoms with E-state index in [1.165, 1.54) is 30.3 Å². The lowest BCUT2D eigenvalue weighted by atomic mass is 10.0. The van der Waals surface area contributed by atoms with Gasteiger partial charge in [0.1, 0.15) is 11.5 Å². The molecule has 4 nitrogen and oxygen atoms in total. The Bertz CT molecular complexity index is 1220. The van der Waals surface area contributed by atoms with Crippen LogP contribution in [0.25, 0.3) is 5.57 Å². The van der Waals surface area contributed by atoms with Crippen LogP contribution < -0.4 is 5.32 Å². The molecule has 0 spiro atoms. The van der Waals surface area contributed by atoms with Gasteiger partial charge in [0.15, 0.2) is 0 Å². The molecule has 162 valence electrons. The SMILES string of the molecule is O=C1C(Nc2cccc(C(F)(F)F)c2)=C(c2ccccc2)C(=O)N1Cc1ccccc1F. The molecule has 1 N–H and O–H groups in total. The van der Waals surface area contributed by atoms with Crippen LogP contribution in [0.15, 0.2) is 84.6 Å². The van der Waals surface area contributed by atoms with Crippen molar-refractivity contribution in [3.05, 3.63) is 107 Å². The Labute approximate surface area is 180 Å². The Morgan fingerprint density at radius 1 is 0.812 bits per heavy atom. The Morgan fingerprint density at radius 2 is 1.50 bits per heavy atom. The van der Waals surface area contributed by atoms with Crippen LogP contribution in [0.1, 0.15) is 16.7 Å². The minimum Gasteiger partial charge on any atom is -0.350 e. The summed E-state index contributed by atoms with van der Waals surface area (Å²) in [5.41, 5.74) is -0.513. The number of nitrogens with zero attached hydrogens (tertiary/aromatic N) is 1. The van der Waals surface area contributed by atoms with Crippen LogP contribution in [0.3, 0.4) is 0 Å². The minimum atomic E-state index is -4.57. The van der Waals surface area contributed by atoms with E-state index in [2.05, 4.69) is 5.32 Å². The maximum Gasteiger partial charge on any atom is 0.416 e. The predicted molar refractivity (Wildman–Crippen MR) is 110 cm³/mol. The van der Waals surface area contributed by atoms with Gasteiger partial charge in [-0.2, -0.15) is 13.2 Å². The number of alkyl halides is 3. The van der Waals surface area contributed by atoms with E-state index in [4.69, 9.17) is 0 Å². The van der Waals surface area contributed by atoms with Gasteiger partial charge < -0.3 is 5.32 Å². The standard InChI is InChI=1S/C24H16F4N2O2/c25-19-12-5-4-9-16(19)14-30-22(31)20(15-7-2-1-3-8-15)21(23(30)32)29-18-11-6-10-17(13-18)24(26,27)28/h1-13,29H,14H2. The van der Waals surface area contributed by atoms with Gasteiger partial charge in [-0.1, -0.05) is 54.6 Å². The van der Waals surface area contributed by atoms with Gasteiger partial charge in [0.05, 0.1) is 17.7 Å². The van der Waals surface area contributed by atoms with Crippen LogP contribution in [-0.2, 0) is 22.3 Å². The van der Waals surface area contributed by atoms with E-state index in [0.29, 0.717) is 5.56 Å². The van der Waals surface area contributed by atoms with Crippen molar-refractivity contribution in [1.82, 2.24) is 4.90 Å². The lowest BCUT2D eigenvalue weighted by Gasteiger charge is -2.16. The van der Waals surface area contributed by atoms with Gasteiger partial charge in [-0.3, -0.25) is 14.5 Å². The molecule has 0 unspecified atom stereocenters. The number of halogens is 4. The highest BCUT2D eigenvalue weighted by Crippen LogP contribution is 2.34. The molecule has 0 aliphatic carbocycles. The Balaban J connectivity index is 1.74. The van der Waals surface area contributed by atoms with Crippen molar-refractivity contribution >= 4 is 23.1 Å². The van der Waals surface area contributed by atoms with Gasteiger partial charge >= 0.3 is 6.18 Å². The molecule has 0 bridgehead atoms. The number of anilines is 1. The molecular formula is C24H16F4N2O2. The predicted octanol–water partition coefficient (Wildman–Crippen LogP) is 5.24. The van der Waals surface area contributed by atoms with Gasteiger partial charge in [-0.05, 0) is 29.8 Å². The topological polar surface area (TPSA) is 49.4 Å². The van der Waals surface area contributed by atoms with Crippen molar-refractivity contribution in [2.75, 3.05) is 5.32 Å². The van der Waals surface area contributed by atoms with Crippen molar-refractivity contribution < 1.29 is 27.2 Å². The molecule has 0 atom stereocenters. The molecule has 4 rings (SSSR count). The zero-order valence-corrected chi connectivity index (χ0v) is 16.5. The first kappa shape index (κ1) is 21.3. The van der Waals surface area contributed by atoms with Crippen molar-refractivity contribution in [3.63, 3.8) is 0 Å². The van der Waals surface area contributed by atoms with Crippen LogP contribution in [0.5, 0.6) is 0 Å². The average molecular weight is 440 g/mol. The second kappa shape index (κ2) is 8.30. The van der Waals surface area contributed by atoms with E-state index in [1.807, 2.05) is 0 Å². The van der Waals surface area contributed by atoms with Gasteiger partial charge in [0.2, 0.25) is 0 Å². The molecule has 0 fully saturated rings. The fraction of sp³-hybridized carbons (Fsp3) is 0.0833. The molecule has 1 heterocycles. The van der Waals surface area contributed by atoms with E-state index < -0.39 is 29.4 Å². The molecule has 0 radical (unpaired) electrons. The second-order valence-electron chi connectivity index (χ2n) is 7.11. The number of nitrogens with one attached hydrogen (secondary N) is 1. The van der Waals surface area contributed by atoms with Crippen molar-refractivity contribution in [3.8, 4) is 0 Å². The molecule has 0 saturated heterocycles. The number of amides is 2. The third-order valence-corrected chi connectivity index (χ3v) is 4.98. The van der Waals surface area contributed by atoms with E-state index in [0.717, 1.165) is 17.0 Å². The molecule has 32 heavy (non-hydrogen) atoms. The highest BCUT2D eigenvalue weighted by Gasteiger charge is 2.39. The van der Waals surface area contributed by atoms with Crippen molar-refractivity contribution in [1.29, 1.82) is 0 Å². The number of carbonyl (C=O) groups excluding carboxylic acids is 2. The summed E-state index contributed by atoms with van der Waals surface area (Å²) in [4.78, 5) is 27.2. The average Bonchev–Trinajstić information content (AvgIpc) is 2.99. The van der Waals surface area contributed by atoms with Gasteiger partial charge in [-0.25, -0.2) is 4.39 Å². The Kier molecular flexibility index (Phi) is 5.52. The fourth-order valence-electron chi connectivity index (χ4n) is 3.42. The maximum atomic E-state index is 14.1. The van der Waals surface area contributed by atoms with Crippen molar-refractivity contribution in [2.45, 2.75) is 12.7 Å².